The predicted octanol–water partition coefficient (Wildman–Crippen LogP) is 1.78. The number of pyridine rings is 1. The number of hydrogen-bond donors (Lipinski definition) is 0. The number of rotatable bonds is 3. The van der Waals surface area contributed by atoms with Crippen LogP contribution in [-0.2, 0) is 0 Å². The number of halogens is 2. The van der Waals surface area contributed by atoms with Crippen LogP contribution >= 0.6 is 0 Å². The molecule has 0 saturated carbocycles. The highest BCUT2D eigenvalue weighted by atomic mass is 19.3. The van der Waals surface area contributed by atoms with Gasteiger partial charge in [0.1, 0.15) is 11.6 Å². The minimum Gasteiger partial charge on any atom is -0.353 e. The summed E-state index contributed by atoms with van der Waals surface area (Å²) >= 11 is 0. The molecule has 0 radical (unpaired) electrons. The van der Waals surface area contributed by atoms with Gasteiger partial charge in [-0.2, -0.15) is 4.52 Å². The van der Waals surface area contributed by atoms with E-state index >= 15 is 0 Å². The molecule has 0 aromatic carbocycles. The van der Waals surface area contributed by atoms with Crippen molar-refractivity contribution in [2.24, 2.45) is 0 Å². The van der Waals surface area contributed by atoms with Crippen molar-refractivity contribution in [2.75, 3.05) is 36.0 Å². The molecule has 0 N–H and O–H groups in total. The van der Waals surface area contributed by atoms with Gasteiger partial charge in [-0.15, -0.1) is 15.3 Å². The first-order valence-corrected chi connectivity index (χ1v) is 7.64. The standard InChI is InChI=1S/C15H15F2N7/c16-14(17)15-20-19-12-4-5-13(21-24(12)15)23-9-7-22(8-10-23)11-3-1-2-6-18-11/h1-6,14H,7-10H2. The second-order valence-corrected chi connectivity index (χ2v) is 5.48. The molecule has 1 saturated heterocycles. The molecule has 0 atom stereocenters. The lowest BCUT2D eigenvalue weighted by Gasteiger charge is -2.35. The fraction of sp³-hybridized carbons (Fsp3) is 0.333. The highest BCUT2D eigenvalue weighted by molar-refractivity contribution is 5.48. The zero-order chi connectivity index (χ0) is 16.5. The molecule has 0 unspecified atom stereocenters. The fourth-order valence-electron chi connectivity index (χ4n) is 2.81. The summed E-state index contributed by atoms with van der Waals surface area (Å²) in [5, 5.41) is 11.5. The Balaban J connectivity index is 1.53. The van der Waals surface area contributed by atoms with Gasteiger partial charge in [0.05, 0.1) is 0 Å². The summed E-state index contributed by atoms with van der Waals surface area (Å²) in [6.07, 6.45) is -0.932. The van der Waals surface area contributed by atoms with Crippen LogP contribution in [-0.4, -0.2) is 51.0 Å². The van der Waals surface area contributed by atoms with Crippen molar-refractivity contribution in [3.8, 4) is 0 Å². The average molecular weight is 331 g/mol. The minimum absolute atomic E-state index is 0.321. The Morgan fingerprint density at radius 3 is 2.29 bits per heavy atom. The van der Waals surface area contributed by atoms with Gasteiger partial charge in [0.2, 0.25) is 5.82 Å². The lowest BCUT2D eigenvalue weighted by molar-refractivity contribution is 0.137. The first-order valence-electron chi connectivity index (χ1n) is 7.64. The molecular weight excluding hydrogens is 316 g/mol. The first kappa shape index (κ1) is 14.7. The van der Waals surface area contributed by atoms with Gasteiger partial charge in [-0.25, -0.2) is 13.8 Å². The van der Waals surface area contributed by atoms with Crippen LogP contribution in [0.1, 0.15) is 12.2 Å². The van der Waals surface area contributed by atoms with Gasteiger partial charge in [0.15, 0.2) is 5.65 Å². The second kappa shape index (κ2) is 5.99. The third-order valence-corrected chi connectivity index (χ3v) is 4.04. The molecule has 3 aromatic rings. The van der Waals surface area contributed by atoms with E-state index in [1.54, 1.807) is 18.3 Å². The van der Waals surface area contributed by atoms with E-state index in [0.29, 0.717) is 11.5 Å². The highest BCUT2D eigenvalue weighted by Crippen LogP contribution is 2.20. The summed E-state index contributed by atoms with van der Waals surface area (Å²) in [7, 11) is 0. The third-order valence-electron chi connectivity index (χ3n) is 4.04. The maximum absolute atomic E-state index is 13.0. The van der Waals surface area contributed by atoms with Crippen LogP contribution in [0.2, 0.25) is 0 Å². The van der Waals surface area contributed by atoms with Crippen LogP contribution in [0.3, 0.4) is 0 Å². The maximum atomic E-state index is 13.0. The second-order valence-electron chi connectivity index (χ2n) is 5.48. The number of hydrogen-bond acceptors (Lipinski definition) is 6. The number of fused-ring (bicyclic) bond motifs is 1. The summed E-state index contributed by atoms with van der Waals surface area (Å²) in [5.74, 6) is 1.16. The molecule has 0 amide bonds. The molecule has 124 valence electrons. The van der Waals surface area contributed by atoms with Crippen molar-refractivity contribution < 1.29 is 8.78 Å². The Hall–Kier alpha value is -2.84. The van der Waals surface area contributed by atoms with Crippen LogP contribution < -0.4 is 9.80 Å². The fourth-order valence-corrected chi connectivity index (χ4v) is 2.81. The van der Waals surface area contributed by atoms with E-state index in [1.807, 2.05) is 18.2 Å². The van der Waals surface area contributed by atoms with E-state index in [1.165, 1.54) is 0 Å². The third kappa shape index (κ3) is 2.61. The molecule has 9 heteroatoms. The van der Waals surface area contributed by atoms with Crippen LogP contribution in [0.25, 0.3) is 5.65 Å². The quantitative estimate of drug-likeness (QED) is 0.729. The van der Waals surface area contributed by atoms with Crippen molar-refractivity contribution in [1.29, 1.82) is 0 Å². The van der Waals surface area contributed by atoms with Gasteiger partial charge in [-0.1, -0.05) is 6.07 Å². The minimum atomic E-state index is -2.70. The van der Waals surface area contributed by atoms with Gasteiger partial charge >= 0.3 is 0 Å². The van der Waals surface area contributed by atoms with Crippen molar-refractivity contribution in [1.82, 2.24) is 24.8 Å². The summed E-state index contributed by atoms with van der Waals surface area (Å²) in [4.78, 5) is 8.61. The molecule has 1 fully saturated rings. The van der Waals surface area contributed by atoms with E-state index in [0.717, 1.165) is 36.5 Å². The Labute approximate surface area is 136 Å². The monoisotopic (exact) mass is 331 g/mol. The van der Waals surface area contributed by atoms with E-state index in [2.05, 4.69) is 30.1 Å². The molecule has 4 heterocycles. The number of nitrogens with zero attached hydrogens (tertiary/aromatic N) is 7. The first-order chi connectivity index (χ1) is 11.7. The van der Waals surface area contributed by atoms with Gasteiger partial charge in [-0.3, -0.25) is 0 Å². The Bertz CT molecular complexity index is 828. The van der Waals surface area contributed by atoms with Crippen molar-refractivity contribution >= 4 is 17.3 Å². The molecule has 4 rings (SSSR count). The van der Waals surface area contributed by atoms with Crippen LogP contribution in [0.5, 0.6) is 0 Å². The van der Waals surface area contributed by atoms with E-state index < -0.39 is 12.2 Å². The van der Waals surface area contributed by atoms with Crippen LogP contribution in [0.15, 0.2) is 36.5 Å². The smallest absolute Gasteiger partial charge is 0.299 e. The highest BCUT2D eigenvalue weighted by Gasteiger charge is 2.21. The average Bonchev–Trinajstić information content (AvgIpc) is 3.06. The molecule has 0 spiro atoms. The zero-order valence-corrected chi connectivity index (χ0v) is 12.8. The molecule has 0 aliphatic carbocycles. The number of aromatic nitrogens is 5. The molecular formula is C15H15F2N7. The summed E-state index contributed by atoms with van der Waals surface area (Å²) < 4.78 is 27.0. The molecule has 7 nitrogen and oxygen atoms in total. The Morgan fingerprint density at radius 1 is 0.875 bits per heavy atom. The number of anilines is 2. The van der Waals surface area contributed by atoms with E-state index in [-0.39, 0.29) is 0 Å². The zero-order valence-electron chi connectivity index (χ0n) is 12.8. The van der Waals surface area contributed by atoms with E-state index in [4.69, 9.17) is 0 Å². The van der Waals surface area contributed by atoms with Crippen LogP contribution in [0, 0.1) is 0 Å². The summed E-state index contributed by atoms with van der Waals surface area (Å²) in [6.45, 7) is 3.06. The van der Waals surface area contributed by atoms with Crippen molar-refractivity contribution in [3.05, 3.63) is 42.4 Å². The molecule has 3 aromatic heterocycles. The molecule has 1 aliphatic heterocycles. The summed E-state index contributed by atoms with van der Waals surface area (Å²) in [6, 6.07) is 9.27. The Morgan fingerprint density at radius 2 is 1.62 bits per heavy atom. The van der Waals surface area contributed by atoms with Gasteiger partial charge in [0.25, 0.3) is 6.43 Å². The van der Waals surface area contributed by atoms with E-state index in [9.17, 15) is 8.78 Å². The van der Waals surface area contributed by atoms with Crippen molar-refractivity contribution in [2.45, 2.75) is 6.43 Å². The summed E-state index contributed by atoms with van der Waals surface area (Å²) in [5.41, 5.74) is 0.321. The number of alkyl halides is 2. The Kier molecular flexibility index (Phi) is 3.68. The lowest BCUT2D eigenvalue weighted by Crippen LogP contribution is -2.47. The van der Waals surface area contributed by atoms with Crippen molar-refractivity contribution in [3.63, 3.8) is 0 Å². The van der Waals surface area contributed by atoms with Gasteiger partial charge in [0, 0.05) is 32.4 Å². The largest absolute Gasteiger partial charge is 0.353 e. The number of piperazine rings is 1. The maximum Gasteiger partial charge on any atom is 0.299 e. The molecule has 24 heavy (non-hydrogen) atoms. The molecule has 0 bridgehead atoms. The topological polar surface area (TPSA) is 62.5 Å². The lowest BCUT2D eigenvalue weighted by atomic mass is 10.3. The SMILES string of the molecule is FC(F)c1nnc2ccc(N3CCN(c4ccccn4)CC3)nn12. The van der Waals surface area contributed by atoms with Gasteiger partial charge < -0.3 is 9.80 Å². The normalized spacial score (nSPS) is 15.5. The molecule has 1 aliphatic rings. The van der Waals surface area contributed by atoms with Gasteiger partial charge in [-0.05, 0) is 24.3 Å². The predicted molar refractivity (Wildman–Crippen MR) is 84.4 cm³/mol. The van der Waals surface area contributed by atoms with Crippen LogP contribution in [0.4, 0.5) is 20.4 Å².